The summed E-state index contributed by atoms with van der Waals surface area (Å²) in [5.41, 5.74) is 3.05. The maximum Gasteiger partial charge on any atom is 0.270 e. The molecular weight excluding hydrogens is 318 g/mol. The number of rotatable bonds is 2. The minimum absolute atomic E-state index is 0.0351. The number of amides is 1. The van der Waals surface area contributed by atoms with Crippen molar-refractivity contribution in [1.29, 1.82) is 0 Å². The van der Waals surface area contributed by atoms with Crippen LogP contribution in [-0.2, 0) is 4.79 Å². The van der Waals surface area contributed by atoms with Crippen molar-refractivity contribution in [2.24, 2.45) is 0 Å². The van der Waals surface area contributed by atoms with Crippen LogP contribution in [-0.4, -0.2) is 10.2 Å². The van der Waals surface area contributed by atoms with E-state index in [1.165, 1.54) is 11.8 Å². The Bertz CT molecular complexity index is 747. The zero-order chi connectivity index (χ0) is 15.0. The van der Waals surface area contributed by atoms with Gasteiger partial charge in [0.05, 0.1) is 10.6 Å². The van der Waals surface area contributed by atoms with E-state index in [4.69, 9.17) is 12.2 Å². The molecule has 2 heterocycles. The zero-order valence-corrected chi connectivity index (χ0v) is 14.1. The van der Waals surface area contributed by atoms with Gasteiger partial charge in [-0.05, 0) is 48.6 Å². The number of nitrogens with zero attached hydrogens (tertiary/aromatic N) is 1. The number of carbonyl (C=O) groups excluding carboxylic acids is 1. The molecule has 1 aromatic heterocycles. The first-order valence-corrected chi connectivity index (χ1v) is 8.55. The molecule has 0 aliphatic carbocycles. The fourth-order valence-corrected chi connectivity index (χ4v) is 4.15. The summed E-state index contributed by atoms with van der Waals surface area (Å²) in [5, 5.41) is 2.00. The highest BCUT2D eigenvalue weighted by atomic mass is 32.2. The minimum atomic E-state index is -0.0351. The third-order valence-electron chi connectivity index (χ3n) is 3.22. The molecule has 2 nitrogen and oxygen atoms in total. The lowest BCUT2D eigenvalue weighted by Crippen LogP contribution is -2.28. The fraction of sp³-hybridized carbons (Fsp3) is 0.125. The van der Waals surface area contributed by atoms with Crippen LogP contribution in [0.5, 0.6) is 0 Å². The molecule has 0 atom stereocenters. The van der Waals surface area contributed by atoms with Crippen molar-refractivity contribution in [2.45, 2.75) is 13.8 Å². The van der Waals surface area contributed by atoms with Gasteiger partial charge in [0.25, 0.3) is 5.91 Å². The van der Waals surface area contributed by atoms with Crippen LogP contribution in [0, 0.1) is 13.8 Å². The molecule has 0 unspecified atom stereocenters. The Morgan fingerprint density at radius 3 is 2.76 bits per heavy atom. The van der Waals surface area contributed by atoms with E-state index in [1.54, 1.807) is 16.2 Å². The van der Waals surface area contributed by atoms with E-state index in [1.807, 2.05) is 55.6 Å². The molecule has 1 aromatic carbocycles. The highest BCUT2D eigenvalue weighted by Crippen LogP contribution is 2.37. The Labute approximate surface area is 137 Å². The number of anilines is 1. The summed E-state index contributed by atoms with van der Waals surface area (Å²) in [6.07, 6.45) is 1.91. The van der Waals surface area contributed by atoms with Crippen molar-refractivity contribution >= 4 is 57.3 Å². The van der Waals surface area contributed by atoms with Gasteiger partial charge in [-0.2, -0.15) is 0 Å². The average Bonchev–Trinajstić information content (AvgIpc) is 3.03. The number of carbonyl (C=O) groups is 1. The first kappa shape index (κ1) is 14.5. The highest BCUT2D eigenvalue weighted by molar-refractivity contribution is 8.27. The third kappa shape index (κ3) is 2.81. The molecule has 0 saturated carbocycles. The number of aryl methyl sites for hydroxylation is 2. The van der Waals surface area contributed by atoms with Crippen molar-refractivity contribution in [2.75, 3.05) is 4.90 Å². The van der Waals surface area contributed by atoms with Crippen LogP contribution in [0.25, 0.3) is 6.08 Å². The zero-order valence-electron chi connectivity index (χ0n) is 11.6. The summed E-state index contributed by atoms with van der Waals surface area (Å²) in [6, 6.07) is 10.0. The molecule has 0 spiro atoms. The van der Waals surface area contributed by atoms with Crippen molar-refractivity contribution in [1.82, 2.24) is 0 Å². The van der Waals surface area contributed by atoms with Gasteiger partial charge < -0.3 is 0 Å². The Hall–Kier alpha value is -1.43. The van der Waals surface area contributed by atoms with Crippen LogP contribution in [0.2, 0.25) is 0 Å². The summed E-state index contributed by atoms with van der Waals surface area (Å²) >= 11 is 8.38. The third-order valence-corrected chi connectivity index (χ3v) is 5.34. The Morgan fingerprint density at radius 2 is 2.05 bits per heavy atom. The van der Waals surface area contributed by atoms with Crippen LogP contribution < -0.4 is 4.90 Å². The van der Waals surface area contributed by atoms with Crippen LogP contribution in [0.1, 0.15) is 16.0 Å². The summed E-state index contributed by atoms with van der Waals surface area (Å²) in [5.74, 6) is -0.0351. The summed E-state index contributed by atoms with van der Waals surface area (Å²) in [4.78, 5) is 16.1. The summed E-state index contributed by atoms with van der Waals surface area (Å²) in [6.45, 7) is 4.01. The number of benzene rings is 1. The van der Waals surface area contributed by atoms with Gasteiger partial charge in [0, 0.05) is 4.88 Å². The molecule has 21 heavy (non-hydrogen) atoms. The normalized spacial score (nSPS) is 17.0. The van der Waals surface area contributed by atoms with Gasteiger partial charge in [-0.3, -0.25) is 9.69 Å². The van der Waals surface area contributed by atoms with Crippen LogP contribution >= 0.6 is 35.3 Å². The molecule has 106 valence electrons. The van der Waals surface area contributed by atoms with Gasteiger partial charge in [0.1, 0.15) is 0 Å². The van der Waals surface area contributed by atoms with E-state index in [0.29, 0.717) is 9.23 Å². The molecule has 0 radical (unpaired) electrons. The van der Waals surface area contributed by atoms with E-state index >= 15 is 0 Å². The summed E-state index contributed by atoms with van der Waals surface area (Å²) < 4.78 is 0.594. The fourth-order valence-electron chi connectivity index (χ4n) is 2.14. The van der Waals surface area contributed by atoms with Crippen molar-refractivity contribution in [3.8, 4) is 0 Å². The molecule has 0 N–H and O–H groups in total. The first-order valence-electron chi connectivity index (χ1n) is 6.45. The monoisotopic (exact) mass is 331 g/mol. The SMILES string of the molecule is Cc1ccc(C)c(N2C(=O)/C(=C\c3cccs3)SC2=S)c1. The quantitative estimate of drug-likeness (QED) is 0.584. The number of hydrogen-bond acceptors (Lipinski definition) is 4. The Morgan fingerprint density at radius 1 is 1.24 bits per heavy atom. The number of thiophene rings is 1. The van der Waals surface area contributed by atoms with Crippen molar-refractivity contribution in [3.05, 3.63) is 56.6 Å². The first-order chi connectivity index (χ1) is 10.1. The molecule has 1 saturated heterocycles. The van der Waals surface area contributed by atoms with E-state index in [0.717, 1.165) is 21.7 Å². The minimum Gasteiger partial charge on any atom is -0.268 e. The predicted octanol–water partition coefficient (Wildman–Crippen LogP) is 4.77. The molecule has 5 heteroatoms. The second-order valence-corrected chi connectivity index (χ2v) is 7.48. The van der Waals surface area contributed by atoms with Crippen LogP contribution in [0.3, 0.4) is 0 Å². The topological polar surface area (TPSA) is 20.3 Å². The van der Waals surface area contributed by atoms with Gasteiger partial charge in [-0.15, -0.1) is 11.3 Å². The van der Waals surface area contributed by atoms with Gasteiger partial charge in [0.2, 0.25) is 0 Å². The maximum absolute atomic E-state index is 12.7. The van der Waals surface area contributed by atoms with Crippen LogP contribution in [0.4, 0.5) is 5.69 Å². The molecule has 1 fully saturated rings. The van der Waals surface area contributed by atoms with Gasteiger partial charge in [-0.25, -0.2) is 0 Å². The number of thioether (sulfide) groups is 1. The van der Waals surface area contributed by atoms with Gasteiger partial charge in [0.15, 0.2) is 4.32 Å². The van der Waals surface area contributed by atoms with Crippen LogP contribution in [0.15, 0.2) is 40.6 Å². The van der Waals surface area contributed by atoms with Crippen molar-refractivity contribution < 1.29 is 4.79 Å². The second kappa shape index (κ2) is 5.75. The Balaban J connectivity index is 2.00. The highest BCUT2D eigenvalue weighted by Gasteiger charge is 2.34. The number of thiocarbonyl (C=S) groups is 1. The van der Waals surface area contributed by atoms with Gasteiger partial charge in [-0.1, -0.05) is 42.2 Å². The standard InChI is InChI=1S/C16H13NOS3/c1-10-5-6-11(2)13(8-10)17-15(18)14(21-16(17)19)9-12-4-3-7-20-12/h3-9H,1-2H3/b14-9+. The lowest BCUT2D eigenvalue weighted by atomic mass is 10.1. The molecule has 0 bridgehead atoms. The molecular formula is C16H13NOS3. The number of hydrogen-bond donors (Lipinski definition) is 0. The largest absolute Gasteiger partial charge is 0.270 e. The van der Waals surface area contributed by atoms with Crippen molar-refractivity contribution in [3.63, 3.8) is 0 Å². The van der Waals surface area contributed by atoms with E-state index in [9.17, 15) is 4.79 Å². The molecule has 1 aliphatic heterocycles. The smallest absolute Gasteiger partial charge is 0.268 e. The molecule has 1 amide bonds. The molecule has 2 aromatic rings. The lowest BCUT2D eigenvalue weighted by molar-refractivity contribution is -0.113. The second-order valence-electron chi connectivity index (χ2n) is 4.82. The predicted molar refractivity (Wildman–Crippen MR) is 95.9 cm³/mol. The average molecular weight is 331 g/mol. The molecule has 1 aliphatic rings. The Kier molecular flexibility index (Phi) is 3.97. The molecule has 3 rings (SSSR count). The maximum atomic E-state index is 12.7. The van der Waals surface area contributed by atoms with E-state index in [-0.39, 0.29) is 5.91 Å². The van der Waals surface area contributed by atoms with E-state index in [2.05, 4.69) is 0 Å². The lowest BCUT2D eigenvalue weighted by Gasteiger charge is -2.17. The van der Waals surface area contributed by atoms with Gasteiger partial charge >= 0.3 is 0 Å². The summed E-state index contributed by atoms with van der Waals surface area (Å²) in [7, 11) is 0. The van der Waals surface area contributed by atoms with E-state index < -0.39 is 0 Å².